The van der Waals surface area contributed by atoms with Crippen molar-refractivity contribution < 1.29 is 29.3 Å². The molecule has 7 nitrogen and oxygen atoms in total. The number of carboxylic acid groups (broad SMARTS) is 2. The van der Waals surface area contributed by atoms with E-state index < -0.39 is 11.9 Å². The molecule has 41 heavy (non-hydrogen) atoms. The maximum atomic E-state index is 11.5. The predicted octanol–water partition coefficient (Wildman–Crippen LogP) is 7.85. The average molecular weight is 597 g/mol. The van der Waals surface area contributed by atoms with Crippen LogP contribution in [-0.2, 0) is 22.6 Å². The van der Waals surface area contributed by atoms with E-state index >= 15 is 0 Å². The third-order valence-corrected chi connectivity index (χ3v) is 6.98. The number of aryl methyl sites for hydroxylation is 1. The van der Waals surface area contributed by atoms with Gasteiger partial charge in [0.1, 0.15) is 18.0 Å². The minimum absolute atomic E-state index is 0.0684. The molecule has 0 amide bonds. The van der Waals surface area contributed by atoms with Gasteiger partial charge in [-0.05, 0) is 72.7 Å². The van der Waals surface area contributed by atoms with Crippen molar-refractivity contribution in [2.75, 3.05) is 13.2 Å². The first kappa shape index (κ1) is 30.0. The molecular formula is C32H31Cl2NO6. The highest BCUT2D eigenvalue weighted by atomic mass is 35.5. The van der Waals surface area contributed by atoms with Gasteiger partial charge in [0, 0.05) is 23.0 Å². The lowest BCUT2D eigenvalue weighted by Gasteiger charge is -2.09. The maximum absolute atomic E-state index is 11.5. The van der Waals surface area contributed by atoms with Crippen molar-refractivity contribution in [3.63, 3.8) is 0 Å². The number of unbranched alkanes of at least 4 members (excludes halogenated alkanes) is 1. The lowest BCUT2D eigenvalue weighted by Crippen LogP contribution is -2.07. The number of rotatable bonds is 15. The SMILES string of the molecule is O=C(O)CCCc1cn(CC(=O)O)c2c(C=Cc3ccc(OCCCCOc4ccc(Cl)cc4Cl)cc3)cccc12. The number of hydrogen-bond donors (Lipinski definition) is 2. The second-order valence-electron chi connectivity index (χ2n) is 9.55. The summed E-state index contributed by atoms with van der Waals surface area (Å²) in [6.45, 7) is 0.915. The Hall–Kier alpha value is -3.94. The molecule has 2 N–H and O–H groups in total. The van der Waals surface area contributed by atoms with Crippen molar-refractivity contribution in [3.05, 3.63) is 93.6 Å². The highest BCUT2D eigenvalue weighted by molar-refractivity contribution is 6.35. The molecule has 0 saturated carbocycles. The van der Waals surface area contributed by atoms with Crippen LogP contribution in [0.4, 0.5) is 0 Å². The fourth-order valence-corrected chi connectivity index (χ4v) is 4.99. The number of aromatic nitrogens is 1. The molecule has 0 bridgehead atoms. The Morgan fingerprint density at radius 3 is 2.32 bits per heavy atom. The number of fused-ring (bicyclic) bond motifs is 1. The maximum Gasteiger partial charge on any atom is 0.323 e. The first-order chi connectivity index (χ1) is 19.8. The normalized spacial score (nSPS) is 11.3. The molecule has 0 spiro atoms. The zero-order valence-corrected chi connectivity index (χ0v) is 23.9. The summed E-state index contributed by atoms with van der Waals surface area (Å²) >= 11 is 12.0. The van der Waals surface area contributed by atoms with Crippen molar-refractivity contribution in [2.45, 2.75) is 38.6 Å². The molecule has 0 unspecified atom stereocenters. The van der Waals surface area contributed by atoms with Crippen molar-refractivity contribution in [3.8, 4) is 11.5 Å². The van der Waals surface area contributed by atoms with E-state index in [4.69, 9.17) is 37.8 Å². The largest absolute Gasteiger partial charge is 0.494 e. The monoisotopic (exact) mass is 595 g/mol. The number of para-hydroxylation sites is 1. The van der Waals surface area contributed by atoms with Crippen LogP contribution in [0.3, 0.4) is 0 Å². The number of aliphatic carboxylic acids is 2. The molecule has 0 aliphatic rings. The van der Waals surface area contributed by atoms with Crippen LogP contribution < -0.4 is 9.47 Å². The van der Waals surface area contributed by atoms with Crippen molar-refractivity contribution in [1.82, 2.24) is 4.57 Å². The van der Waals surface area contributed by atoms with Gasteiger partial charge in [0.15, 0.2) is 0 Å². The number of carbonyl (C=O) groups is 2. The number of hydrogen-bond acceptors (Lipinski definition) is 4. The Balaban J connectivity index is 1.33. The van der Waals surface area contributed by atoms with Crippen LogP contribution in [0.25, 0.3) is 23.1 Å². The summed E-state index contributed by atoms with van der Waals surface area (Å²) in [5.41, 5.74) is 3.62. The van der Waals surface area contributed by atoms with E-state index in [1.54, 1.807) is 22.8 Å². The summed E-state index contributed by atoms with van der Waals surface area (Å²) in [7, 11) is 0. The van der Waals surface area contributed by atoms with E-state index in [1.165, 1.54) is 0 Å². The molecule has 0 saturated heterocycles. The molecule has 3 aromatic carbocycles. The Labute approximate surface area is 248 Å². The van der Waals surface area contributed by atoms with Gasteiger partial charge in [-0.15, -0.1) is 0 Å². The molecule has 0 fully saturated rings. The topological polar surface area (TPSA) is 98.0 Å². The summed E-state index contributed by atoms with van der Waals surface area (Å²) in [6.07, 6.45) is 8.52. The molecular weight excluding hydrogens is 565 g/mol. The van der Waals surface area contributed by atoms with Crippen LogP contribution in [-0.4, -0.2) is 39.9 Å². The van der Waals surface area contributed by atoms with Crippen LogP contribution in [0.2, 0.25) is 10.0 Å². The quantitative estimate of drug-likeness (QED) is 0.107. The van der Waals surface area contributed by atoms with Crippen LogP contribution >= 0.6 is 23.2 Å². The molecule has 0 aliphatic carbocycles. The lowest BCUT2D eigenvalue weighted by molar-refractivity contribution is -0.138. The standard InChI is InChI=1S/C32H31Cl2NO6/c33-25-13-16-29(28(34)19-25)41-18-2-1-17-40-26-14-10-22(11-15-26)9-12-23-5-3-7-27-24(6-4-8-30(36)37)20-35(32(23)27)21-31(38)39/h3,5,7,9-16,19-20H,1-2,4,6,8,17-18,21H2,(H,36,37)(H,38,39). The molecule has 0 aliphatic heterocycles. The number of nitrogens with zero attached hydrogens (tertiary/aromatic N) is 1. The molecule has 214 valence electrons. The van der Waals surface area contributed by atoms with Gasteiger partial charge >= 0.3 is 11.9 Å². The number of ether oxygens (including phenoxy) is 2. The zero-order chi connectivity index (χ0) is 29.2. The Morgan fingerprint density at radius 2 is 1.61 bits per heavy atom. The van der Waals surface area contributed by atoms with Crippen LogP contribution in [0.1, 0.15) is 42.4 Å². The summed E-state index contributed by atoms with van der Waals surface area (Å²) < 4.78 is 13.3. The van der Waals surface area contributed by atoms with Gasteiger partial charge in [-0.2, -0.15) is 0 Å². The smallest absolute Gasteiger partial charge is 0.323 e. The number of benzene rings is 3. The lowest BCUT2D eigenvalue weighted by atomic mass is 10.0. The fourth-order valence-electron chi connectivity index (χ4n) is 4.53. The second kappa shape index (κ2) is 14.6. The van der Waals surface area contributed by atoms with E-state index in [0.29, 0.717) is 41.9 Å². The van der Waals surface area contributed by atoms with Gasteiger partial charge in [-0.25, -0.2) is 0 Å². The number of carboxylic acids is 2. The van der Waals surface area contributed by atoms with E-state index in [2.05, 4.69) is 0 Å². The van der Waals surface area contributed by atoms with Crippen LogP contribution in [0, 0.1) is 0 Å². The minimum Gasteiger partial charge on any atom is -0.494 e. The fraction of sp³-hybridized carbons (Fsp3) is 0.250. The minimum atomic E-state index is -0.938. The highest BCUT2D eigenvalue weighted by Gasteiger charge is 2.13. The summed E-state index contributed by atoms with van der Waals surface area (Å²) in [5.74, 6) is -0.396. The number of halogens is 2. The molecule has 4 aromatic rings. The molecule has 0 atom stereocenters. The van der Waals surface area contributed by atoms with Gasteiger partial charge in [0.2, 0.25) is 0 Å². The molecule has 4 rings (SSSR count). The van der Waals surface area contributed by atoms with Gasteiger partial charge in [0.25, 0.3) is 0 Å². The van der Waals surface area contributed by atoms with E-state index in [-0.39, 0.29) is 13.0 Å². The Morgan fingerprint density at radius 1 is 0.854 bits per heavy atom. The first-order valence-electron chi connectivity index (χ1n) is 13.3. The van der Waals surface area contributed by atoms with Gasteiger partial charge in [-0.3, -0.25) is 9.59 Å². The average Bonchev–Trinajstić information content (AvgIpc) is 3.28. The third kappa shape index (κ3) is 8.77. The second-order valence-corrected chi connectivity index (χ2v) is 10.4. The summed E-state index contributed by atoms with van der Waals surface area (Å²) in [6, 6.07) is 18.7. The third-order valence-electron chi connectivity index (χ3n) is 6.45. The Bertz CT molecular complexity index is 1530. The van der Waals surface area contributed by atoms with Gasteiger partial charge < -0.3 is 24.3 Å². The predicted molar refractivity (Wildman–Crippen MR) is 162 cm³/mol. The van der Waals surface area contributed by atoms with Crippen molar-refractivity contribution in [1.29, 1.82) is 0 Å². The van der Waals surface area contributed by atoms with Gasteiger partial charge in [-0.1, -0.05) is 65.7 Å². The van der Waals surface area contributed by atoms with E-state index in [9.17, 15) is 14.7 Å². The summed E-state index contributed by atoms with van der Waals surface area (Å²) in [5, 5.41) is 20.4. The zero-order valence-electron chi connectivity index (χ0n) is 22.4. The van der Waals surface area contributed by atoms with E-state index in [0.717, 1.165) is 46.2 Å². The molecule has 1 aromatic heterocycles. The Kier molecular flexibility index (Phi) is 10.7. The summed E-state index contributed by atoms with van der Waals surface area (Å²) in [4.78, 5) is 22.5. The van der Waals surface area contributed by atoms with Crippen molar-refractivity contribution >= 4 is 58.2 Å². The van der Waals surface area contributed by atoms with E-state index in [1.807, 2.05) is 60.8 Å². The van der Waals surface area contributed by atoms with Gasteiger partial charge in [0.05, 0.1) is 23.8 Å². The highest BCUT2D eigenvalue weighted by Crippen LogP contribution is 2.29. The molecule has 1 heterocycles. The van der Waals surface area contributed by atoms with Crippen LogP contribution in [0.15, 0.2) is 66.9 Å². The first-order valence-corrected chi connectivity index (χ1v) is 14.1. The van der Waals surface area contributed by atoms with Crippen molar-refractivity contribution in [2.24, 2.45) is 0 Å². The van der Waals surface area contributed by atoms with Crippen LogP contribution in [0.5, 0.6) is 11.5 Å². The molecule has 9 heteroatoms. The molecule has 0 radical (unpaired) electrons.